The molecule has 1 saturated heterocycles. The van der Waals surface area contributed by atoms with Crippen LogP contribution in [0.5, 0.6) is 5.75 Å². The van der Waals surface area contributed by atoms with Gasteiger partial charge in [0.1, 0.15) is 11.6 Å². The fourth-order valence-corrected chi connectivity index (χ4v) is 3.52. The van der Waals surface area contributed by atoms with Gasteiger partial charge in [-0.15, -0.1) is 0 Å². The maximum Gasteiger partial charge on any atom is 0.227 e. The minimum absolute atomic E-state index is 0.708. The van der Waals surface area contributed by atoms with Gasteiger partial charge in [0, 0.05) is 56.9 Å². The molecule has 1 aromatic carbocycles. The van der Waals surface area contributed by atoms with Crippen molar-refractivity contribution < 1.29 is 4.74 Å². The first-order chi connectivity index (χ1) is 14.2. The van der Waals surface area contributed by atoms with E-state index in [-0.39, 0.29) is 0 Å². The molecule has 0 unspecified atom stereocenters. The monoisotopic (exact) mass is 390 g/mol. The van der Waals surface area contributed by atoms with Gasteiger partial charge in [0.05, 0.1) is 12.8 Å². The van der Waals surface area contributed by atoms with Crippen LogP contribution in [-0.2, 0) is 6.54 Å². The van der Waals surface area contributed by atoms with E-state index in [9.17, 15) is 0 Å². The average molecular weight is 390 g/mol. The second-order valence-corrected chi connectivity index (χ2v) is 7.05. The van der Waals surface area contributed by atoms with Crippen LogP contribution < -0.4 is 19.9 Å². The van der Waals surface area contributed by atoms with Crippen molar-refractivity contribution in [1.29, 1.82) is 0 Å². The van der Waals surface area contributed by atoms with Gasteiger partial charge in [-0.3, -0.25) is 4.98 Å². The summed E-state index contributed by atoms with van der Waals surface area (Å²) in [5.41, 5.74) is 3.27. The molecule has 1 fully saturated rings. The van der Waals surface area contributed by atoms with Crippen molar-refractivity contribution in [3.63, 3.8) is 0 Å². The summed E-state index contributed by atoms with van der Waals surface area (Å²) in [6, 6.07) is 14.1. The van der Waals surface area contributed by atoms with E-state index in [1.807, 2.05) is 37.3 Å². The zero-order valence-electron chi connectivity index (χ0n) is 16.9. The Bertz CT molecular complexity index is 941. The third kappa shape index (κ3) is 4.56. The Hall–Kier alpha value is -3.35. The first-order valence-corrected chi connectivity index (χ1v) is 9.84. The topological polar surface area (TPSA) is 66.4 Å². The van der Waals surface area contributed by atoms with E-state index in [2.05, 4.69) is 37.2 Å². The summed E-state index contributed by atoms with van der Waals surface area (Å²) in [5, 5.41) is 3.40. The minimum atomic E-state index is 0.708. The molecule has 150 valence electrons. The number of ether oxygens (including phenoxy) is 1. The van der Waals surface area contributed by atoms with Crippen molar-refractivity contribution >= 4 is 17.5 Å². The van der Waals surface area contributed by atoms with E-state index in [0.29, 0.717) is 6.54 Å². The lowest BCUT2D eigenvalue weighted by atomic mass is 10.2. The number of piperazine rings is 1. The number of anilines is 3. The molecule has 0 radical (unpaired) electrons. The third-order valence-electron chi connectivity index (χ3n) is 5.05. The number of pyridine rings is 1. The Balaban J connectivity index is 1.42. The molecule has 29 heavy (non-hydrogen) atoms. The molecule has 3 aromatic rings. The van der Waals surface area contributed by atoms with Crippen LogP contribution in [0.2, 0.25) is 0 Å². The van der Waals surface area contributed by atoms with E-state index in [1.54, 1.807) is 19.5 Å². The number of para-hydroxylation sites is 2. The van der Waals surface area contributed by atoms with E-state index >= 15 is 0 Å². The molecule has 4 rings (SSSR count). The zero-order valence-corrected chi connectivity index (χ0v) is 16.9. The third-order valence-corrected chi connectivity index (χ3v) is 5.05. The van der Waals surface area contributed by atoms with Gasteiger partial charge in [-0.25, -0.2) is 4.98 Å². The van der Waals surface area contributed by atoms with Crippen LogP contribution in [0, 0.1) is 6.92 Å². The van der Waals surface area contributed by atoms with Crippen LogP contribution in [0.3, 0.4) is 0 Å². The maximum atomic E-state index is 5.51. The number of rotatable bonds is 6. The van der Waals surface area contributed by atoms with Gasteiger partial charge in [0.15, 0.2) is 0 Å². The number of aryl methyl sites for hydroxylation is 1. The van der Waals surface area contributed by atoms with Gasteiger partial charge in [0.2, 0.25) is 5.95 Å². The first-order valence-electron chi connectivity index (χ1n) is 9.84. The Labute approximate surface area is 171 Å². The largest absolute Gasteiger partial charge is 0.495 e. The van der Waals surface area contributed by atoms with Crippen LogP contribution in [0.4, 0.5) is 17.5 Å². The fraction of sp³-hybridized carbons (Fsp3) is 0.318. The molecule has 0 amide bonds. The van der Waals surface area contributed by atoms with Gasteiger partial charge in [0.25, 0.3) is 0 Å². The molecule has 1 aliphatic heterocycles. The molecule has 0 bridgehead atoms. The molecule has 1 N–H and O–H groups in total. The number of hydrogen-bond acceptors (Lipinski definition) is 7. The molecule has 7 nitrogen and oxygen atoms in total. The zero-order chi connectivity index (χ0) is 20.1. The molecular formula is C22H26N6O. The maximum absolute atomic E-state index is 5.51. The van der Waals surface area contributed by atoms with Crippen molar-refractivity contribution in [3.05, 3.63) is 66.1 Å². The Morgan fingerprint density at radius 3 is 2.45 bits per heavy atom. The van der Waals surface area contributed by atoms with E-state index in [0.717, 1.165) is 55.1 Å². The minimum Gasteiger partial charge on any atom is -0.495 e. The summed E-state index contributed by atoms with van der Waals surface area (Å²) in [5.74, 6) is 2.54. The van der Waals surface area contributed by atoms with Crippen LogP contribution in [0.25, 0.3) is 0 Å². The van der Waals surface area contributed by atoms with Crippen molar-refractivity contribution in [3.8, 4) is 5.75 Å². The highest BCUT2D eigenvalue weighted by atomic mass is 16.5. The van der Waals surface area contributed by atoms with Crippen LogP contribution >= 0.6 is 0 Å². The second-order valence-electron chi connectivity index (χ2n) is 7.05. The highest BCUT2D eigenvalue weighted by Crippen LogP contribution is 2.29. The lowest BCUT2D eigenvalue weighted by Crippen LogP contribution is -2.47. The number of hydrogen-bond donors (Lipinski definition) is 1. The van der Waals surface area contributed by atoms with Gasteiger partial charge in [-0.1, -0.05) is 12.1 Å². The lowest BCUT2D eigenvalue weighted by Gasteiger charge is -2.36. The summed E-state index contributed by atoms with van der Waals surface area (Å²) in [7, 11) is 1.72. The number of aromatic nitrogens is 3. The number of nitrogens with zero attached hydrogens (tertiary/aromatic N) is 5. The molecule has 3 heterocycles. The quantitative estimate of drug-likeness (QED) is 0.694. The van der Waals surface area contributed by atoms with E-state index in [4.69, 9.17) is 9.72 Å². The molecule has 0 spiro atoms. The molecule has 2 aromatic heterocycles. The van der Waals surface area contributed by atoms with Crippen molar-refractivity contribution in [2.75, 3.05) is 48.4 Å². The highest BCUT2D eigenvalue weighted by Gasteiger charge is 2.21. The molecule has 7 heteroatoms. The summed E-state index contributed by atoms with van der Waals surface area (Å²) in [6.45, 7) is 6.25. The summed E-state index contributed by atoms with van der Waals surface area (Å²) < 4.78 is 5.51. The summed E-state index contributed by atoms with van der Waals surface area (Å²) in [6.07, 6.45) is 3.60. The second kappa shape index (κ2) is 8.77. The first kappa shape index (κ1) is 19.0. The summed E-state index contributed by atoms with van der Waals surface area (Å²) in [4.78, 5) is 18.1. The van der Waals surface area contributed by atoms with Crippen LogP contribution in [0.15, 0.2) is 54.9 Å². The Morgan fingerprint density at radius 2 is 1.69 bits per heavy atom. The predicted molar refractivity (Wildman–Crippen MR) is 116 cm³/mol. The Kier molecular flexibility index (Phi) is 5.74. The lowest BCUT2D eigenvalue weighted by molar-refractivity contribution is 0.413. The fourth-order valence-electron chi connectivity index (χ4n) is 3.52. The number of methoxy groups -OCH3 is 1. The molecule has 0 atom stereocenters. The van der Waals surface area contributed by atoms with Crippen LogP contribution in [0.1, 0.15) is 11.3 Å². The van der Waals surface area contributed by atoms with Gasteiger partial charge in [-0.05, 0) is 36.8 Å². The van der Waals surface area contributed by atoms with Gasteiger partial charge < -0.3 is 19.9 Å². The highest BCUT2D eigenvalue weighted by molar-refractivity contribution is 5.59. The molecule has 0 aliphatic carbocycles. The van der Waals surface area contributed by atoms with Crippen molar-refractivity contribution in [2.24, 2.45) is 0 Å². The van der Waals surface area contributed by atoms with Crippen molar-refractivity contribution in [1.82, 2.24) is 15.0 Å². The van der Waals surface area contributed by atoms with E-state index in [1.165, 1.54) is 5.56 Å². The SMILES string of the molecule is COc1ccccc1N1CCN(c2nc(C)cc(NCc3ccncc3)n2)CC1. The molecule has 0 saturated carbocycles. The number of benzene rings is 1. The van der Waals surface area contributed by atoms with Crippen molar-refractivity contribution in [2.45, 2.75) is 13.5 Å². The Morgan fingerprint density at radius 1 is 0.966 bits per heavy atom. The number of nitrogens with one attached hydrogen (secondary N) is 1. The van der Waals surface area contributed by atoms with E-state index < -0.39 is 0 Å². The van der Waals surface area contributed by atoms with Gasteiger partial charge in [-0.2, -0.15) is 4.98 Å². The smallest absolute Gasteiger partial charge is 0.227 e. The van der Waals surface area contributed by atoms with Crippen LogP contribution in [-0.4, -0.2) is 48.2 Å². The molecular weight excluding hydrogens is 364 g/mol. The molecule has 1 aliphatic rings. The average Bonchev–Trinajstić information content (AvgIpc) is 2.78. The standard InChI is InChI=1S/C22H26N6O/c1-17-15-21(24-16-18-7-9-23-10-8-18)26-22(25-17)28-13-11-27(12-14-28)19-5-3-4-6-20(19)29-2/h3-10,15H,11-14,16H2,1-2H3,(H,24,25,26). The van der Waals surface area contributed by atoms with Gasteiger partial charge >= 0.3 is 0 Å². The summed E-state index contributed by atoms with van der Waals surface area (Å²) >= 11 is 0. The predicted octanol–water partition coefficient (Wildman–Crippen LogP) is 3.13. The normalized spacial score (nSPS) is 14.0.